The van der Waals surface area contributed by atoms with Gasteiger partial charge in [0.25, 0.3) is 0 Å². The summed E-state index contributed by atoms with van der Waals surface area (Å²) in [7, 11) is 0. The summed E-state index contributed by atoms with van der Waals surface area (Å²) >= 11 is 0. The molecule has 4 nitrogen and oxygen atoms in total. The molecule has 22 heavy (non-hydrogen) atoms. The lowest BCUT2D eigenvalue weighted by molar-refractivity contribution is -0.132. The van der Waals surface area contributed by atoms with Gasteiger partial charge in [0.2, 0.25) is 5.91 Å². The second-order valence-electron chi connectivity index (χ2n) is 6.55. The van der Waals surface area contributed by atoms with Gasteiger partial charge in [0.1, 0.15) is 0 Å². The smallest absolute Gasteiger partial charge is 0.335 e. The second-order valence-corrected chi connectivity index (χ2v) is 6.55. The number of carbonyl (C=O) groups is 2. The highest BCUT2D eigenvalue weighted by atomic mass is 16.4. The highest BCUT2D eigenvalue weighted by Crippen LogP contribution is 2.13. The Morgan fingerprint density at radius 3 is 2.09 bits per heavy atom. The van der Waals surface area contributed by atoms with Crippen molar-refractivity contribution in [2.45, 2.75) is 40.5 Å². The summed E-state index contributed by atoms with van der Waals surface area (Å²) in [5.41, 5.74) is 1.01. The van der Waals surface area contributed by atoms with E-state index in [2.05, 4.69) is 27.7 Å². The number of aryl methyl sites for hydroxylation is 1. The average Bonchev–Trinajstić information content (AvgIpc) is 2.43. The summed E-state index contributed by atoms with van der Waals surface area (Å²) in [6.07, 6.45) is 0.817. The maximum absolute atomic E-state index is 12.4. The molecule has 0 unspecified atom stereocenters. The van der Waals surface area contributed by atoms with E-state index in [0.29, 0.717) is 24.7 Å². The fourth-order valence-corrected chi connectivity index (χ4v) is 2.51. The van der Waals surface area contributed by atoms with Gasteiger partial charge in [-0.25, -0.2) is 4.79 Å². The van der Waals surface area contributed by atoms with E-state index in [1.54, 1.807) is 18.2 Å². The molecule has 0 atom stereocenters. The Balaban J connectivity index is 2.72. The number of hydrogen-bond acceptors (Lipinski definition) is 2. The lowest BCUT2D eigenvalue weighted by atomic mass is 10.0. The molecule has 0 aliphatic heterocycles. The van der Waals surface area contributed by atoms with E-state index >= 15 is 0 Å². The van der Waals surface area contributed by atoms with Crippen LogP contribution in [-0.4, -0.2) is 35.0 Å². The van der Waals surface area contributed by atoms with E-state index in [0.717, 1.165) is 18.7 Å². The first kappa shape index (κ1) is 18.2. The van der Waals surface area contributed by atoms with Crippen LogP contribution in [0.4, 0.5) is 0 Å². The standard InChI is InChI=1S/C18H27NO3/c1-13(2)11-19(12-14(3)4)17(20)10-9-15-7-5-6-8-16(15)18(21)22/h5-8,13-14H,9-12H2,1-4H3,(H,21,22). The van der Waals surface area contributed by atoms with Crippen molar-refractivity contribution >= 4 is 11.9 Å². The van der Waals surface area contributed by atoms with Crippen LogP contribution in [0.2, 0.25) is 0 Å². The number of amides is 1. The lowest BCUT2D eigenvalue weighted by Crippen LogP contribution is -2.37. The van der Waals surface area contributed by atoms with Gasteiger partial charge >= 0.3 is 5.97 Å². The third kappa shape index (κ3) is 5.88. The molecule has 0 aromatic heterocycles. The summed E-state index contributed by atoms with van der Waals surface area (Å²) in [5, 5.41) is 9.18. The topological polar surface area (TPSA) is 57.6 Å². The summed E-state index contributed by atoms with van der Waals surface area (Å²) in [4.78, 5) is 25.5. The number of carbonyl (C=O) groups excluding carboxylic acids is 1. The van der Waals surface area contributed by atoms with Crippen LogP contribution in [-0.2, 0) is 11.2 Å². The SMILES string of the molecule is CC(C)CN(CC(C)C)C(=O)CCc1ccccc1C(=O)O. The molecule has 0 fully saturated rings. The van der Waals surface area contributed by atoms with Gasteiger partial charge < -0.3 is 10.0 Å². The molecule has 1 aromatic carbocycles. The zero-order chi connectivity index (χ0) is 16.7. The minimum Gasteiger partial charge on any atom is -0.478 e. The average molecular weight is 305 g/mol. The van der Waals surface area contributed by atoms with E-state index in [4.69, 9.17) is 0 Å². The Morgan fingerprint density at radius 2 is 1.59 bits per heavy atom. The van der Waals surface area contributed by atoms with Crippen molar-refractivity contribution in [2.24, 2.45) is 11.8 Å². The Morgan fingerprint density at radius 1 is 1.05 bits per heavy atom. The minimum absolute atomic E-state index is 0.0996. The number of carboxylic acid groups (broad SMARTS) is 1. The van der Waals surface area contributed by atoms with Crippen molar-refractivity contribution in [1.82, 2.24) is 4.90 Å². The first-order valence-electron chi connectivity index (χ1n) is 7.90. The Kier molecular flexibility index (Phi) is 7.09. The van der Waals surface area contributed by atoms with Crippen LogP contribution in [0.3, 0.4) is 0 Å². The largest absolute Gasteiger partial charge is 0.478 e. The van der Waals surface area contributed by atoms with E-state index in [9.17, 15) is 14.7 Å². The van der Waals surface area contributed by atoms with E-state index in [-0.39, 0.29) is 11.5 Å². The molecule has 122 valence electrons. The summed E-state index contributed by atoms with van der Waals surface area (Å²) in [5.74, 6) is 0.00914. The zero-order valence-electron chi connectivity index (χ0n) is 14.0. The van der Waals surface area contributed by atoms with E-state index in [1.807, 2.05) is 11.0 Å². The van der Waals surface area contributed by atoms with Crippen LogP contribution in [0, 0.1) is 11.8 Å². The van der Waals surface area contributed by atoms with Crippen LogP contribution in [0.5, 0.6) is 0 Å². The third-order valence-corrected chi connectivity index (χ3v) is 3.38. The minimum atomic E-state index is -0.940. The van der Waals surface area contributed by atoms with Crippen LogP contribution in [0.25, 0.3) is 0 Å². The number of carboxylic acids is 1. The summed E-state index contributed by atoms with van der Waals surface area (Å²) in [6, 6.07) is 6.89. The number of hydrogen-bond donors (Lipinski definition) is 1. The number of nitrogens with zero attached hydrogens (tertiary/aromatic N) is 1. The molecule has 0 bridgehead atoms. The Hall–Kier alpha value is -1.84. The molecule has 0 aliphatic carbocycles. The molecular weight excluding hydrogens is 278 g/mol. The highest BCUT2D eigenvalue weighted by Gasteiger charge is 2.17. The maximum atomic E-state index is 12.4. The molecule has 0 spiro atoms. The molecule has 0 radical (unpaired) electrons. The molecule has 0 heterocycles. The van der Waals surface area contributed by atoms with Gasteiger partial charge in [-0.2, -0.15) is 0 Å². The molecule has 1 rings (SSSR count). The lowest BCUT2D eigenvalue weighted by Gasteiger charge is -2.26. The van der Waals surface area contributed by atoms with Gasteiger partial charge in [-0.3, -0.25) is 4.79 Å². The quantitative estimate of drug-likeness (QED) is 0.800. The Labute approximate surface area is 133 Å². The van der Waals surface area contributed by atoms with Crippen molar-refractivity contribution < 1.29 is 14.7 Å². The predicted molar refractivity (Wildman–Crippen MR) is 88.0 cm³/mol. The van der Waals surface area contributed by atoms with Crippen LogP contribution < -0.4 is 0 Å². The van der Waals surface area contributed by atoms with Crippen molar-refractivity contribution in [3.8, 4) is 0 Å². The van der Waals surface area contributed by atoms with Crippen molar-refractivity contribution in [2.75, 3.05) is 13.1 Å². The van der Waals surface area contributed by atoms with Gasteiger partial charge in [-0.1, -0.05) is 45.9 Å². The molecule has 1 amide bonds. The molecule has 1 aromatic rings. The highest BCUT2D eigenvalue weighted by molar-refractivity contribution is 5.89. The van der Waals surface area contributed by atoms with Gasteiger partial charge in [0.15, 0.2) is 0 Å². The zero-order valence-corrected chi connectivity index (χ0v) is 14.0. The third-order valence-electron chi connectivity index (χ3n) is 3.38. The normalized spacial score (nSPS) is 11.0. The number of benzene rings is 1. The van der Waals surface area contributed by atoms with Gasteiger partial charge in [0.05, 0.1) is 5.56 Å². The fraction of sp³-hybridized carbons (Fsp3) is 0.556. The van der Waals surface area contributed by atoms with Crippen LogP contribution in [0.15, 0.2) is 24.3 Å². The Bertz CT molecular complexity index is 499. The van der Waals surface area contributed by atoms with Crippen LogP contribution in [0.1, 0.15) is 50.0 Å². The van der Waals surface area contributed by atoms with Crippen molar-refractivity contribution in [3.05, 3.63) is 35.4 Å². The van der Waals surface area contributed by atoms with Crippen molar-refractivity contribution in [1.29, 1.82) is 0 Å². The molecule has 0 saturated carbocycles. The van der Waals surface area contributed by atoms with Gasteiger partial charge in [0, 0.05) is 19.5 Å². The molecule has 1 N–H and O–H groups in total. The maximum Gasteiger partial charge on any atom is 0.335 e. The first-order valence-corrected chi connectivity index (χ1v) is 7.90. The molecular formula is C18H27NO3. The molecule has 0 saturated heterocycles. The molecule has 0 aliphatic rings. The first-order chi connectivity index (χ1) is 10.3. The van der Waals surface area contributed by atoms with E-state index < -0.39 is 5.97 Å². The summed E-state index contributed by atoms with van der Waals surface area (Å²) in [6.45, 7) is 9.89. The fourth-order valence-electron chi connectivity index (χ4n) is 2.51. The molecule has 4 heteroatoms. The monoisotopic (exact) mass is 305 g/mol. The van der Waals surface area contributed by atoms with Crippen LogP contribution >= 0.6 is 0 Å². The van der Waals surface area contributed by atoms with Gasteiger partial charge in [-0.15, -0.1) is 0 Å². The predicted octanol–water partition coefficient (Wildman–Crippen LogP) is 3.46. The van der Waals surface area contributed by atoms with Crippen molar-refractivity contribution in [3.63, 3.8) is 0 Å². The van der Waals surface area contributed by atoms with E-state index in [1.165, 1.54) is 0 Å². The summed E-state index contributed by atoms with van der Waals surface area (Å²) < 4.78 is 0. The number of aromatic carboxylic acids is 1. The second kappa shape index (κ2) is 8.57. The van der Waals surface area contributed by atoms with Gasteiger partial charge in [-0.05, 0) is 29.9 Å². The number of rotatable bonds is 8.